The molecule has 1 N–H and O–H groups in total. The zero-order valence-corrected chi connectivity index (χ0v) is 13.0. The second kappa shape index (κ2) is 6.35. The highest BCUT2D eigenvalue weighted by atomic mass is 32.2. The Kier molecular flexibility index (Phi) is 5.62. The maximum Gasteiger partial charge on any atom is 0.151 e. The highest BCUT2D eigenvalue weighted by Gasteiger charge is 2.29. The smallest absolute Gasteiger partial charge is 0.151 e. The van der Waals surface area contributed by atoms with Crippen LogP contribution in [0.25, 0.3) is 0 Å². The van der Waals surface area contributed by atoms with Crippen LogP contribution in [-0.4, -0.2) is 57.0 Å². The van der Waals surface area contributed by atoms with Crippen molar-refractivity contribution in [3.05, 3.63) is 0 Å². The Morgan fingerprint density at radius 3 is 2.50 bits per heavy atom. The standard InChI is InChI=1S/C13H28N2O2S/c1-5-9-18(16,17)10-8-15-7-6-14-12(11-15)13(2,3)4/h12,14H,5-11H2,1-4H3. The number of nitrogens with zero attached hydrogens (tertiary/aromatic N) is 1. The number of rotatable bonds is 5. The molecule has 1 heterocycles. The molecule has 5 heteroatoms. The van der Waals surface area contributed by atoms with Crippen molar-refractivity contribution in [2.24, 2.45) is 5.41 Å². The molecular weight excluding hydrogens is 248 g/mol. The zero-order chi connectivity index (χ0) is 13.8. The van der Waals surface area contributed by atoms with Gasteiger partial charge >= 0.3 is 0 Å². The van der Waals surface area contributed by atoms with Crippen LogP contribution in [-0.2, 0) is 9.84 Å². The fraction of sp³-hybridized carbons (Fsp3) is 1.00. The van der Waals surface area contributed by atoms with E-state index < -0.39 is 9.84 Å². The lowest BCUT2D eigenvalue weighted by Gasteiger charge is -2.40. The van der Waals surface area contributed by atoms with Crippen molar-refractivity contribution in [3.63, 3.8) is 0 Å². The molecule has 1 aliphatic rings. The molecule has 1 fully saturated rings. The molecule has 0 amide bonds. The second-order valence-electron chi connectivity index (χ2n) is 6.33. The molecule has 1 atom stereocenters. The highest BCUT2D eigenvalue weighted by molar-refractivity contribution is 7.91. The van der Waals surface area contributed by atoms with E-state index in [9.17, 15) is 8.42 Å². The number of hydrogen-bond donors (Lipinski definition) is 1. The Morgan fingerprint density at radius 2 is 1.94 bits per heavy atom. The minimum atomic E-state index is -2.85. The first-order valence-electron chi connectivity index (χ1n) is 6.91. The Hall–Kier alpha value is -0.130. The Balaban J connectivity index is 2.44. The van der Waals surface area contributed by atoms with Gasteiger partial charge in [-0.1, -0.05) is 27.7 Å². The molecule has 0 aromatic rings. The monoisotopic (exact) mass is 276 g/mol. The average Bonchev–Trinajstić information content (AvgIpc) is 2.26. The SMILES string of the molecule is CCCS(=O)(=O)CCN1CCNC(C(C)(C)C)C1. The lowest BCUT2D eigenvalue weighted by atomic mass is 9.85. The van der Waals surface area contributed by atoms with Gasteiger partial charge in [-0.15, -0.1) is 0 Å². The summed E-state index contributed by atoms with van der Waals surface area (Å²) in [5.41, 5.74) is 0.223. The Labute approximate surface area is 112 Å². The van der Waals surface area contributed by atoms with E-state index in [-0.39, 0.29) is 5.41 Å². The van der Waals surface area contributed by atoms with Gasteiger partial charge in [-0.05, 0) is 11.8 Å². The van der Waals surface area contributed by atoms with Crippen LogP contribution < -0.4 is 5.32 Å². The molecule has 0 aromatic heterocycles. The number of nitrogens with one attached hydrogen (secondary N) is 1. The van der Waals surface area contributed by atoms with Crippen molar-refractivity contribution in [2.45, 2.75) is 40.2 Å². The summed E-state index contributed by atoms with van der Waals surface area (Å²) in [7, 11) is -2.85. The maximum absolute atomic E-state index is 11.7. The van der Waals surface area contributed by atoms with E-state index in [0.717, 1.165) is 19.6 Å². The first kappa shape index (κ1) is 15.9. The summed E-state index contributed by atoms with van der Waals surface area (Å²) in [4.78, 5) is 2.28. The largest absolute Gasteiger partial charge is 0.311 e. The van der Waals surface area contributed by atoms with Crippen LogP contribution >= 0.6 is 0 Å². The summed E-state index contributed by atoms with van der Waals surface area (Å²) in [6.45, 7) is 12.1. The molecule has 1 unspecified atom stereocenters. The van der Waals surface area contributed by atoms with Crippen LogP contribution in [0, 0.1) is 5.41 Å². The van der Waals surface area contributed by atoms with Crippen LogP contribution in [0.5, 0.6) is 0 Å². The highest BCUT2D eigenvalue weighted by Crippen LogP contribution is 2.21. The fourth-order valence-corrected chi connectivity index (χ4v) is 3.64. The molecule has 18 heavy (non-hydrogen) atoms. The summed E-state index contributed by atoms with van der Waals surface area (Å²) in [5, 5.41) is 3.52. The van der Waals surface area contributed by atoms with Gasteiger partial charge in [0.15, 0.2) is 9.84 Å². The van der Waals surface area contributed by atoms with Crippen LogP contribution in [0.3, 0.4) is 0 Å². The lowest BCUT2D eigenvalue weighted by Crippen LogP contribution is -2.56. The molecule has 1 aliphatic heterocycles. The van der Waals surface area contributed by atoms with Crippen molar-refractivity contribution >= 4 is 9.84 Å². The Bertz CT molecular complexity index is 346. The van der Waals surface area contributed by atoms with E-state index in [1.165, 1.54) is 0 Å². The van der Waals surface area contributed by atoms with Gasteiger partial charge < -0.3 is 5.32 Å². The predicted octanol–water partition coefficient (Wildman–Crippen LogP) is 1.13. The topological polar surface area (TPSA) is 49.4 Å². The number of piperazine rings is 1. The fourth-order valence-electron chi connectivity index (χ4n) is 2.28. The predicted molar refractivity (Wildman–Crippen MR) is 76.6 cm³/mol. The molecule has 4 nitrogen and oxygen atoms in total. The summed E-state index contributed by atoms with van der Waals surface area (Å²) < 4.78 is 23.4. The minimum absolute atomic E-state index is 0.223. The molecule has 0 bridgehead atoms. The van der Waals surface area contributed by atoms with E-state index in [0.29, 0.717) is 30.5 Å². The number of sulfone groups is 1. The van der Waals surface area contributed by atoms with Crippen molar-refractivity contribution in [2.75, 3.05) is 37.7 Å². The molecule has 0 saturated carbocycles. The molecule has 0 aliphatic carbocycles. The van der Waals surface area contributed by atoms with E-state index >= 15 is 0 Å². The summed E-state index contributed by atoms with van der Waals surface area (Å²) in [5.74, 6) is 0.624. The quantitative estimate of drug-likeness (QED) is 0.818. The van der Waals surface area contributed by atoms with Gasteiger partial charge in [0.1, 0.15) is 0 Å². The second-order valence-corrected chi connectivity index (χ2v) is 8.63. The molecule has 108 valence electrons. The van der Waals surface area contributed by atoms with Gasteiger partial charge in [0.2, 0.25) is 0 Å². The maximum atomic E-state index is 11.7. The Morgan fingerprint density at radius 1 is 1.28 bits per heavy atom. The van der Waals surface area contributed by atoms with Crippen LogP contribution in [0.2, 0.25) is 0 Å². The van der Waals surface area contributed by atoms with Crippen LogP contribution in [0.15, 0.2) is 0 Å². The van der Waals surface area contributed by atoms with Crippen LogP contribution in [0.4, 0.5) is 0 Å². The van der Waals surface area contributed by atoms with E-state index in [1.54, 1.807) is 0 Å². The third kappa shape index (κ3) is 5.24. The summed E-state index contributed by atoms with van der Waals surface area (Å²) in [6, 6.07) is 0.445. The van der Waals surface area contributed by atoms with Gasteiger partial charge in [-0.2, -0.15) is 0 Å². The van der Waals surface area contributed by atoms with E-state index in [1.807, 2.05) is 6.92 Å². The normalized spacial score (nSPS) is 23.2. The van der Waals surface area contributed by atoms with Gasteiger partial charge in [-0.3, -0.25) is 4.90 Å². The van der Waals surface area contributed by atoms with E-state index in [4.69, 9.17) is 0 Å². The van der Waals surface area contributed by atoms with Crippen molar-refractivity contribution < 1.29 is 8.42 Å². The first-order chi connectivity index (χ1) is 8.24. The molecular formula is C13H28N2O2S. The summed E-state index contributed by atoms with van der Waals surface area (Å²) in [6.07, 6.45) is 0.717. The third-order valence-electron chi connectivity index (χ3n) is 3.54. The number of hydrogen-bond acceptors (Lipinski definition) is 4. The molecule has 0 aromatic carbocycles. The van der Waals surface area contributed by atoms with E-state index in [2.05, 4.69) is 31.0 Å². The van der Waals surface area contributed by atoms with Crippen molar-refractivity contribution in [3.8, 4) is 0 Å². The third-order valence-corrected chi connectivity index (χ3v) is 5.37. The zero-order valence-electron chi connectivity index (χ0n) is 12.2. The van der Waals surface area contributed by atoms with Crippen LogP contribution in [0.1, 0.15) is 34.1 Å². The van der Waals surface area contributed by atoms with Crippen molar-refractivity contribution in [1.82, 2.24) is 10.2 Å². The molecule has 0 spiro atoms. The molecule has 1 saturated heterocycles. The van der Waals surface area contributed by atoms with Crippen molar-refractivity contribution in [1.29, 1.82) is 0 Å². The first-order valence-corrected chi connectivity index (χ1v) is 8.73. The average molecular weight is 276 g/mol. The lowest BCUT2D eigenvalue weighted by molar-refractivity contribution is 0.140. The minimum Gasteiger partial charge on any atom is -0.311 e. The summed E-state index contributed by atoms with van der Waals surface area (Å²) >= 11 is 0. The van der Waals surface area contributed by atoms with Gasteiger partial charge in [0.25, 0.3) is 0 Å². The molecule has 0 radical (unpaired) electrons. The van der Waals surface area contributed by atoms with Gasteiger partial charge in [-0.25, -0.2) is 8.42 Å². The molecule has 1 rings (SSSR count). The van der Waals surface area contributed by atoms with Gasteiger partial charge in [0, 0.05) is 38.0 Å². The van der Waals surface area contributed by atoms with Gasteiger partial charge in [0.05, 0.1) is 5.75 Å².